The first kappa shape index (κ1) is 36.9. The van der Waals surface area contributed by atoms with Crippen LogP contribution in [0.3, 0.4) is 0 Å². The van der Waals surface area contributed by atoms with Gasteiger partial charge in [-0.3, -0.25) is 0 Å². The van der Waals surface area contributed by atoms with E-state index < -0.39 is 0 Å². The summed E-state index contributed by atoms with van der Waals surface area (Å²) >= 11 is 1.77. The lowest BCUT2D eigenvalue weighted by molar-refractivity contribution is 0.627. The molecule has 0 spiro atoms. The summed E-state index contributed by atoms with van der Waals surface area (Å²) in [6.45, 7) is 8.69. The van der Waals surface area contributed by atoms with E-state index in [0.29, 0.717) is 0 Å². The fourth-order valence-corrected chi connectivity index (χ4v) is 8.13. The second kappa shape index (κ2) is 16.6. The Balaban J connectivity index is 0.000000715. The number of rotatable bonds is 8. The SMILES string of the molecule is CCCCCC.Cc1cc(C)c2c(c1)CS/C2=C\C=C1C(c2ccc(F)cc2)=C(c2ccc(F)cc2)C(c2ccc(F)cc2)=C1c1ccc(F)cc1. The Morgan fingerprint density at radius 1 is 0.519 bits per heavy atom. The zero-order valence-electron chi connectivity index (χ0n) is 30.0. The van der Waals surface area contributed by atoms with Gasteiger partial charge in [-0.15, -0.1) is 11.8 Å². The molecule has 2 aliphatic rings. The molecule has 52 heavy (non-hydrogen) atoms. The zero-order chi connectivity index (χ0) is 36.8. The van der Waals surface area contributed by atoms with Gasteiger partial charge in [0.2, 0.25) is 0 Å². The summed E-state index contributed by atoms with van der Waals surface area (Å²) in [7, 11) is 0. The topological polar surface area (TPSA) is 0 Å². The molecule has 1 heterocycles. The first-order valence-corrected chi connectivity index (χ1v) is 18.9. The summed E-state index contributed by atoms with van der Waals surface area (Å²) in [6.07, 6.45) is 9.74. The van der Waals surface area contributed by atoms with Crippen molar-refractivity contribution in [3.63, 3.8) is 0 Å². The number of hydrogen-bond acceptors (Lipinski definition) is 1. The number of unbranched alkanes of at least 4 members (excludes halogenated alkanes) is 3. The third-order valence-electron chi connectivity index (χ3n) is 9.37. The van der Waals surface area contributed by atoms with Crippen LogP contribution in [-0.2, 0) is 5.75 Å². The van der Waals surface area contributed by atoms with Crippen molar-refractivity contribution >= 4 is 39.0 Å². The quantitative estimate of drug-likeness (QED) is 0.114. The third kappa shape index (κ3) is 8.11. The molecular weight excluding hydrogens is 673 g/mol. The Morgan fingerprint density at radius 3 is 1.29 bits per heavy atom. The van der Waals surface area contributed by atoms with Crippen LogP contribution in [0.5, 0.6) is 0 Å². The minimum atomic E-state index is -0.375. The molecule has 0 fully saturated rings. The van der Waals surface area contributed by atoms with Gasteiger partial charge >= 0.3 is 0 Å². The second-order valence-corrected chi connectivity index (χ2v) is 14.3. The molecule has 0 nitrogen and oxygen atoms in total. The summed E-state index contributed by atoms with van der Waals surface area (Å²) < 4.78 is 57.1. The van der Waals surface area contributed by atoms with E-state index in [9.17, 15) is 17.6 Å². The molecule has 5 aromatic rings. The van der Waals surface area contributed by atoms with Crippen molar-refractivity contribution in [3.05, 3.63) is 195 Å². The van der Waals surface area contributed by atoms with Crippen LogP contribution in [0.4, 0.5) is 17.6 Å². The fourth-order valence-electron chi connectivity index (χ4n) is 6.99. The summed E-state index contributed by atoms with van der Waals surface area (Å²) in [5, 5.41) is 0. The van der Waals surface area contributed by atoms with E-state index in [-0.39, 0.29) is 23.3 Å². The molecule has 0 aromatic heterocycles. The van der Waals surface area contributed by atoms with Crippen molar-refractivity contribution in [2.24, 2.45) is 0 Å². The van der Waals surface area contributed by atoms with Gasteiger partial charge in [0.05, 0.1) is 0 Å². The molecule has 1 aliphatic heterocycles. The largest absolute Gasteiger partial charge is 0.207 e. The van der Waals surface area contributed by atoms with E-state index in [4.69, 9.17) is 0 Å². The summed E-state index contributed by atoms with van der Waals surface area (Å²) in [4.78, 5) is 1.13. The molecule has 0 unspecified atom stereocenters. The Kier molecular flexibility index (Phi) is 11.8. The van der Waals surface area contributed by atoms with Crippen LogP contribution in [0, 0.1) is 37.1 Å². The van der Waals surface area contributed by atoms with Crippen LogP contribution in [0.1, 0.15) is 84.0 Å². The number of hydrogen-bond donors (Lipinski definition) is 0. The molecule has 264 valence electrons. The average Bonchev–Trinajstić information content (AvgIpc) is 3.70. The van der Waals surface area contributed by atoms with Crippen LogP contribution >= 0.6 is 11.8 Å². The van der Waals surface area contributed by atoms with Gasteiger partial charge in [0.15, 0.2) is 0 Å². The van der Waals surface area contributed by atoms with E-state index in [1.54, 1.807) is 60.3 Å². The van der Waals surface area contributed by atoms with Gasteiger partial charge in [-0.2, -0.15) is 0 Å². The normalized spacial score (nSPS) is 14.5. The summed E-state index contributed by atoms with van der Waals surface area (Å²) in [6, 6.07) is 29.5. The molecule has 0 N–H and O–H groups in total. The van der Waals surface area contributed by atoms with Gasteiger partial charge in [-0.1, -0.05) is 112 Å². The van der Waals surface area contributed by atoms with Crippen molar-refractivity contribution in [3.8, 4) is 0 Å². The number of fused-ring (bicyclic) bond motifs is 1. The highest BCUT2D eigenvalue weighted by atomic mass is 32.2. The predicted octanol–water partition coefficient (Wildman–Crippen LogP) is 14.2. The fraction of sp³-hybridized carbons (Fsp3) is 0.191. The van der Waals surface area contributed by atoms with Crippen LogP contribution in [0.2, 0.25) is 0 Å². The minimum absolute atomic E-state index is 0.367. The Bertz CT molecular complexity index is 2050. The second-order valence-electron chi connectivity index (χ2n) is 13.3. The third-order valence-corrected chi connectivity index (χ3v) is 10.5. The summed E-state index contributed by atoms with van der Waals surface area (Å²) in [5.41, 5.74) is 12.0. The van der Waals surface area contributed by atoms with E-state index in [0.717, 1.165) is 60.8 Å². The molecule has 0 saturated heterocycles. The van der Waals surface area contributed by atoms with Crippen molar-refractivity contribution in [1.29, 1.82) is 0 Å². The van der Waals surface area contributed by atoms with Gasteiger partial charge in [-0.25, -0.2) is 17.6 Å². The molecule has 0 atom stereocenters. The number of thioether (sulfide) groups is 1. The highest BCUT2D eigenvalue weighted by Crippen LogP contribution is 2.55. The zero-order valence-corrected chi connectivity index (χ0v) is 30.8. The van der Waals surface area contributed by atoms with Gasteiger partial charge in [0.25, 0.3) is 0 Å². The number of benzene rings is 5. The van der Waals surface area contributed by atoms with Gasteiger partial charge in [0, 0.05) is 10.7 Å². The molecule has 0 amide bonds. The maximum atomic E-state index is 14.3. The summed E-state index contributed by atoms with van der Waals surface area (Å²) in [5.74, 6) is -0.614. The van der Waals surface area contributed by atoms with E-state index in [2.05, 4.69) is 52.0 Å². The Hall–Kier alpha value is -4.87. The van der Waals surface area contributed by atoms with Crippen LogP contribution in [0.25, 0.3) is 27.2 Å². The number of halogens is 4. The standard InChI is InChI=1S/C41H28F4S.C6H14/c1-24-21-25(2)37-30(22-24)23-46-36(37)20-19-35-38(26-3-11-31(42)12-4-26)40(28-7-15-33(44)16-8-28)41(29-9-17-34(45)18-10-29)39(35)27-5-13-32(43)14-6-27;1-3-5-6-4-2/h3-22H,23H2,1-2H3;3-6H2,1-2H3/b36-20-;. The van der Waals surface area contributed by atoms with Crippen molar-refractivity contribution in [2.75, 3.05) is 0 Å². The van der Waals surface area contributed by atoms with Crippen LogP contribution < -0.4 is 0 Å². The lowest BCUT2D eigenvalue weighted by Gasteiger charge is -2.14. The minimum Gasteiger partial charge on any atom is -0.207 e. The maximum absolute atomic E-state index is 14.3. The number of allylic oxidation sites excluding steroid dienone is 7. The molecular formula is C47H42F4S. The Labute approximate surface area is 309 Å². The lowest BCUT2D eigenvalue weighted by Crippen LogP contribution is -1.93. The van der Waals surface area contributed by atoms with Crippen molar-refractivity contribution < 1.29 is 17.6 Å². The monoisotopic (exact) mass is 714 g/mol. The smallest absolute Gasteiger partial charge is 0.123 e. The molecule has 1 aliphatic carbocycles. The van der Waals surface area contributed by atoms with Crippen molar-refractivity contribution in [1.82, 2.24) is 0 Å². The molecule has 5 heteroatoms. The van der Waals surface area contributed by atoms with E-state index >= 15 is 0 Å². The van der Waals surface area contributed by atoms with E-state index in [1.165, 1.54) is 96.5 Å². The van der Waals surface area contributed by atoms with Crippen LogP contribution in [-0.4, -0.2) is 0 Å². The number of aryl methyl sites for hydroxylation is 2. The van der Waals surface area contributed by atoms with Gasteiger partial charge in [0.1, 0.15) is 23.3 Å². The molecule has 5 aromatic carbocycles. The molecule has 7 rings (SSSR count). The van der Waals surface area contributed by atoms with Crippen molar-refractivity contribution in [2.45, 2.75) is 59.1 Å². The Morgan fingerprint density at radius 2 is 0.904 bits per heavy atom. The molecule has 0 bridgehead atoms. The first-order valence-electron chi connectivity index (χ1n) is 17.9. The lowest BCUT2D eigenvalue weighted by atomic mass is 9.89. The highest BCUT2D eigenvalue weighted by Gasteiger charge is 2.33. The van der Waals surface area contributed by atoms with Gasteiger partial charge < -0.3 is 0 Å². The van der Waals surface area contributed by atoms with Gasteiger partial charge in [-0.05, 0) is 135 Å². The molecule has 0 radical (unpaired) electrons. The van der Waals surface area contributed by atoms with E-state index in [1.807, 2.05) is 0 Å². The highest BCUT2D eigenvalue weighted by molar-refractivity contribution is 8.08. The average molecular weight is 715 g/mol. The maximum Gasteiger partial charge on any atom is 0.123 e. The van der Waals surface area contributed by atoms with Crippen LogP contribution in [0.15, 0.2) is 127 Å². The first-order chi connectivity index (χ1) is 25.2. The predicted molar refractivity (Wildman–Crippen MR) is 212 cm³/mol. The molecule has 0 saturated carbocycles.